The lowest BCUT2D eigenvalue weighted by molar-refractivity contribution is 0.0922. The number of hydrogen-bond acceptors (Lipinski definition) is 4. The Morgan fingerprint density at radius 1 is 1.10 bits per heavy atom. The molecule has 3 aromatic rings. The molecule has 152 valence electrons. The van der Waals surface area contributed by atoms with Gasteiger partial charge in [0.1, 0.15) is 0 Å². The van der Waals surface area contributed by atoms with Crippen LogP contribution in [0.2, 0.25) is 5.02 Å². The summed E-state index contributed by atoms with van der Waals surface area (Å²) >= 11 is 7.55. The van der Waals surface area contributed by atoms with Crippen LogP contribution in [0.15, 0.2) is 53.7 Å². The van der Waals surface area contributed by atoms with Gasteiger partial charge in [-0.3, -0.25) is 4.79 Å². The van der Waals surface area contributed by atoms with E-state index in [-0.39, 0.29) is 17.9 Å². The van der Waals surface area contributed by atoms with E-state index in [0.29, 0.717) is 5.56 Å². The first-order valence-electron chi connectivity index (χ1n) is 9.49. The maximum atomic E-state index is 12.7. The minimum atomic E-state index is -0.230. The second kappa shape index (κ2) is 9.46. The summed E-state index contributed by atoms with van der Waals surface area (Å²) in [5.74, 6) is 1.58. The molecule has 0 aliphatic heterocycles. The molecule has 0 aliphatic rings. The maximum Gasteiger partial charge on any atom is 0.251 e. The number of hydrogen-bond donors (Lipinski definition) is 1. The predicted molar refractivity (Wildman–Crippen MR) is 118 cm³/mol. The summed E-state index contributed by atoms with van der Waals surface area (Å²) in [7, 11) is 1.94. The molecule has 0 aliphatic carbocycles. The zero-order chi connectivity index (χ0) is 21.0. The lowest BCUT2D eigenvalue weighted by Gasteiger charge is -2.21. The summed E-state index contributed by atoms with van der Waals surface area (Å²) in [5.41, 5.74) is 2.93. The van der Waals surface area contributed by atoms with Gasteiger partial charge in [-0.25, -0.2) is 0 Å². The number of halogens is 1. The summed E-state index contributed by atoms with van der Waals surface area (Å²) in [6.45, 7) is 6.13. The van der Waals surface area contributed by atoms with Crippen molar-refractivity contribution < 1.29 is 4.79 Å². The number of carbonyl (C=O) groups excluding carboxylic acids is 1. The molecule has 0 spiro atoms. The van der Waals surface area contributed by atoms with Crippen LogP contribution in [-0.2, 0) is 12.8 Å². The summed E-state index contributed by atoms with van der Waals surface area (Å²) < 4.78 is 1.96. The second-order valence-electron chi connectivity index (χ2n) is 7.38. The molecule has 1 heterocycles. The van der Waals surface area contributed by atoms with Gasteiger partial charge < -0.3 is 9.88 Å². The summed E-state index contributed by atoms with van der Waals surface area (Å²) in [6, 6.07) is 15.1. The molecular formula is C22H25ClN4OS. The molecule has 0 saturated heterocycles. The first kappa shape index (κ1) is 21.4. The number of thioether (sulfide) groups is 1. The van der Waals surface area contributed by atoms with E-state index in [1.807, 2.05) is 67.1 Å². The van der Waals surface area contributed by atoms with Gasteiger partial charge in [-0.1, -0.05) is 67.0 Å². The van der Waals surface area contributed by atoms with Crippen molar-refractivity contribution in [1.82, 2.24) is 20.1 Å². The normalized spacial score (nSPS) is 12.2. The number of benzene rings is 2. The zero-order valence-electron chi connectivity index (χ0n) is 17.0. The molecule has 5 nitrogen and oxygen atoms in total. The second-order valence-corrected chi connectivity index (χ2v) is 8.76. The maximum absolute atomic E-state index is 12.7. The van der Waals surface area contributed by atoms with Crippen molar-refractivity contribution in [2.45, 2.75) is 37.7 Å². The molecule has 7 heteroatoms. The third kappa shape index (κ3) is 5.40. The third-order valence-corrected chi connectivity index (χ3v) is 6.04. The van der Waals surface area contributed by atoms with E-state index in [1.165, 1.54) is 0 Å². The molecule has 0 bridgehead atoms. The van der Waals surface area contributed by atoms with Gasteiger partial charge in [0, 0.05) is 23.4 Å². The van der Waals surface area contributed by atoms with E-state index >= 15 is 0 Å². The zero-order valence-corrected chi connectivity index (χ0v) is 18.6. The van der Waals surface area contributed by atoms with E-state index in [0.717, 1.165) is 32.9 Å². The largest absolute Gasteiger partial charge is 0.342 e. The van der Waals surface area contributed by atoms with Gasteiger partial charge in [-0.2, -0.15) is 0 Å². The standard InChI is InChI=1S/C22H25ClN4OS/c1-14(2)19(24-21(28)17-9-5-15(3)6-10-17)20-25-26-22(27(20)4)29-13-16-7-11-18(23)12-8-16/h5-12,14,19H,13H2,1-4H3,(H,24,28). The Bertz CT molecular complexity index is 967. The van der Waals surface area contributed by atoms with Crippen molar-refractivity contribution in [3.8, 4) is 0 Å². The quantitative estimate of drug-likeness (QED) is 0.525. The average molecular weight is 429 g/mol. The van der Waals surface area contributed by atoms with E-state index in [1.54, 1.807) is 11.8 Å². The Kier molecular flexibility index (Phi) is 6.98. The first-order valence-corrected chi connectivity index (χ1v) is 10.9. The van der Waals surface area contributed by atoms with Crippen LogP contribution >= 0.6 is 23.4 Å². The molecule has 1 N–H and O–H groups in total. The molecule has 1 atom stereocenters. The molecule has 29 heavy (non-hydrogen) atoms. The lowest BCUT2D eigenvalue weighted by Crippen LogP contribution is -2.33. The van der Waals surface area contributed by atoms with E-state index in [4.69, 9.17) is 11.6 Å². The summed E-state index contributed by atoms with van der Waals surface area (Å²) in [6.07, 6.45) is 0. The number of aromatic nitrogens is 3. The van der Waals surface area contributed by atoms with Crippen molar-refractivity contribution in [2.24, 2.45) is 13.0 Å². The van der Waals surface area contributed by atoms with Gasteiger partial charge in [0.05, 0.1) is 6.04 Å². The predicted octanol–water partition coefficient (Wildman–Crippen LogP) is 5.20. The van der Waals surface area contributed by atoms with Crippen LogP contribution in [-0.4, -0.2) is 20.7 Å². The van der Waals surface area contributed by atoms with Gasteiger partial charge >= 0.3 is 0 Å². The van der Waals surface area contributed by atoms with E-state index < -0.39 is 0 Å². The fourth-order valence-electron chi connectivity index (χ4n) is 2.91. The highest BCUT2D eigenvalue weighted by Crippen LogP contribution is 2.26. The molecule has 1 aromatic heterocycles. The number of nitrogens with one attached hydrogen (secondary N) is 1. The monoisotopic (exact) mass is 428 g/mol. The summed E-state index contributed by atoms with van der Waals surface area (Å²) in [4.78, 5) is 12.7. The van der Waals surface area contributed by atoms with Crippen LogP contribution in [0.1, 0.15) is 47.2 Å². The fourth-order valence-corrected chi connectivity index (χ4v) is 3.91. The van der Waals surface area contributed by atoms with E-state index in [9.17, 15) is 4.79 Å². The third-order valence-electron chi connectivity index (χ3n) is 4.69. The van der Waals surface area contributed by atoms with Crippen molar-refractivity contribution in [2.75, 3.05) is 0 Å². The van der Waals surface area contributed by atoms with Crippen LogP contribution in [0.5, 0.6) is 0 Å². The first-order chi connectivity index (χ1) is 13.8. The Morgan fingerprint density at radius 3 is 2.38 bits per heavy atom. The highest BCUT2D eigenvalue weighted by atomic mass is 35.5. The molecule has 0 radical (unpaired) electrons. The van der Waals surface area contributed by atoms with Crippen LogP contribution in [0.3, 0.4) is 0 Å². The topological polar surface area (TPSA) is 59.8 Å². The number of rotatable bonds is 7. The van der Waals surface area contributed by atoms with E-state index in [2.05, 4.69) is 29.4 Å². The van der Waals surface area contributed by atoms with Gasteiger partial charge in [0.15, 0.2) is 11.0 Å². The molecule has 3 rings (SSSR count). The van der Waals surface area contributed by atoms with Gasteiger partial charge in [0.25, 0.3) is 5.91 Å². The van der Waals surface area contributed by atoms with Crippen molar-refractivity contribution >= 4 is 29.3 Å². The fraction of sp³-hybridized carbons (Fsp3) is 0.318. The van der Waals surface area contributed by atoms with Crippen molar-refractivity contribution in [3.05, 3.63) is 76.1 Å². The minimum absolute atomic E-state index is 0.109. The molecule has 1 amide bonds. The molecule has 2 aromatic carbocycles. The highest BCUT2D eigenvalue weighted by molar-refractivity contribution is 7.98. The highest BCUT2D eigenvalue weighted by Gasteiger charge is 2.25. The minimum Gasteiger partial charge on any atom is -0.342 e. The molecule has 1 unspecified atom stereocenters. The SMILES string of the molecule is Cc1ccc(C(=O)NC(c2nnc(SCc3ccc(Cl)cc3)n2C)C(C)C)cc1. The average Bonchev–Trinajstić information content (AvgIpc) is 3.06. The van der Waals surface area contributed by atoms with Crippen molar-refractivity contribution in [1.29, 1.82) is 0 Å². The van der Waals surface area contributed by atoms with Crippen LogP contribution < -0.4 is 5.32 Å². The number of carbonyl (C=O) groups is 1. The van der Waals surface area contributed by atoms with Gasteiger partial charge in [-0.15, -0.1) is 10.2 Å². The Hall–Kier alpha value is -2.31. The number of amides is 1. The molecule has 0 fully saturated rings. The molecule has 0 saturated carbocycles. The molecular weight excluding hydrogens is 404 g/mol. The summed E-state index contributed by atoms with van der Waals surface area (Å²) in [5, 5.41) is 13.4. The smallest absolute Gasteiger partial charge is 0.251 e. The van der Waals surface area contributed by atoms with Crippen LogP contribution in [0.25, 0.3) is 0 Å². The number of aryl methyl sites for hydroxylation is 1. The Balaban J connectivity index is 1.73. The number of nitrogens with zero attached hydrogens (tertiary/aromatic N) is 3. The van der Waals surface area contributed by atoms with Crippen LogP contribution in [0, 0.1) is 12.8 Å². The van der Waals surface area contributed by atoms with Gasteiger partial charge in [0.2, 0.25) is 0 Å². The Morgan fingerprint density at radius 2 is 1.76 bits per heavy atom. The van der Waals surface area contributed by atoms with Crippen LogP contribution in [0.4, 0.5) is 0 Å². The lowest BCUT2D eigenvalue weighted by atomic mass is 10.0. The van der Waals surface area contributed by atoms with Crippen molar-refractivity contribution in [3.63, 3.8) is 0 Å². The Labute approximate surface area is 180 Å². The van der Waals surface area contributed by atoms with Gasteiger partial charge in [-0.05, 0) is 42.7 Å².